The first-order valence-corrected chi connectivity index (χ1v) is 6.06. The van der Waals surface area contributed by atoms with Crippen molar-refractivity contribution in [1.82, 2.24) is 9.97 Å². The summed E-state index contributed by atoms with van der Waals surface area (Å²) in [6.45, 7) is 0. The van der Waals surface area contributed by atoms with E-state index in [0.29, 0.717) is 11.3 Å². The topological polar surface area (TPSA) is 63.1 Å². The van der Waals surface area contributed by atoms with Gasteiger partial charge >= 0.3 is 5.97 Å². The van der Waals surface area contributed by atoms with Crippen LogP contribution < -0.4 is 0 Å². The van der Waals surface area contributed by atoms with E-state index >= 15 is 0 Å². The molecule has 1 aromatic heterocycles. The summed E-state index contributed by atoms with van der Waals surface area (Å²) in [4.78, 5) is 18.5. The van der Waals surface area contributed by atoms with Crippen LogP contribution in [0.15, 0.2) is 41.8 Å². The highest BCUT2D eigenvalue weighted by Gasteiger charge is 2.10. The smallest absolute Gasteiger partial charge is 0.338 e. The molecule has 4 nitrogen and oxygen atoms in total. The Balaban J connectivity index is 2.07. The van der Waals surface area contributed by atoms with E-state index < -0.39 is 11.8 Å². The van der Waals surface area contributed by atoms with E-state index in [4.69, 9.17) is 5.11 Å². The first kappa shape index (κ1) is 12.5. The Morgan fingerprint density at radius 2 is 2.22 bits per heavy atom. The molecule has 1 heterocycles. The lowest BCUT2D eigenvalue weighted by molar-refractivity contribution is 0.0692. The number of hydrogen-bond acceptors (Lipinski definition) is 4. The molecule has 0 fully saturated rings. The van der Waals surface area contributed by atoms with E-state index in [0.717, 1.165) is 5.03 Å². The number of carboxylic acid groups (broad SMARTS) is 1. The van der Waals surface area contributed by atoms with Crippen LogP contribution in [0.4, 0.5) is 4.39 Å². The predicted octanol–water partition coefficient (Wildman–Crippen LogP) is 2.61. The van der Waals surface area contributed by atoms with Crippen molar-refractivity contribution in [3.05, 3.63) is 53.7 Å². The molecular formula is C12H9FN2O2S. The third-order valence-electron chi connectivity index (χ3n) is 2.21. The fourth-order valence-electron chi connectivity index (χ4n) is 1.34. The Morgan fingerprint density at radius 3 is 2.83 bits per heavy atom. The number of aromatic nitrogens is 2. The molecule has 0 aliphatic rings. The fraction of sp³-hybridized carbons (Fsp3) is 0.0833. The maximum atomic E-state index is 13.4. The van der Waals surface area contributed by atoms with Gasteiger partial charge in [-0.1, -0.05) is 6.07 Å². The lowest BCUT2D eigenvalue weighted by Gasteiger charge is -2.03. The van der Waals surface area contributed by atoms with Gasteiger partial charge in [-0.15, -0.1) is 11.8 Å². The number of carbonyl (C=O) groups is 1. The highest BCUT2D eigenvalue weighted by atomic mass is 32.2. The molecule has 92 valence electrons. The Morgan fingerprint density at radius 1 is 1.39 bits per heavy atom. The van der Waals surface area contributed by atoms with E-state index in [1.54, 1.807) is 18.3 Å². The molecule has 0 atom stereocenters. The summed E-state index contributed by atoms with van der Waals surface area (Å²) in [7, 11) is 0. The van der Waals surface area contributed by atoms with Crippen molar-refractivity contribution in [2.24, 2.45) is 0 Å². The standard InChI is InChI=1S/C12H9FN2O2S/c13-10-5-8(1-2-9(10)12(16)17)6-18-11-3-4-14-7-15-11/h1-5,7H,6H2,(H,16,17). The van der Waals surface area contributed by atoms with Gasteiger partial charge in [0.05, 0.1) is 10.6 Å². The molecule has 0 bridgehead atoms. The summed E-state index contributed by atoms with van der Waals surface area (Å²) >= 11 is 1.43. The first-order valence-electron chi connectivity index (χ1n) is 5.07. The van der Waals surface area contributed by atoms with Gasteiger partial charge in [-0.2, -0.15) is 0 Å². The van der Waals surface area contributed by atoms with Gasteiger partial charge in [0, 0.05) is 11.9 Å². The number of benzene rings is 1. The molecule has 0 spiro atoms. The number of halogens is 1. The average molecular weight is 264 g/mol. The van der Waals surface area contributed by atoms with Gasteiger partial charge in [0.15, 0.2) is 0 Å². The van der Waals surface area contributed by atoms with Crippen molar-refractivity contribution in [1.29, 1.82) is 0 Å². The molecule has 0 unspecified atom stereocenters. The van der Waals surface area contributed by atoms with Crippen LogP contribution in [0.5, 0.6) is 0 Å². The molecule has 2 aromatic rings. The summed E-state index contributed by atoms with van der Waals surface area (Å²) in [5, 5.41) is 9.49. The summed E-state index contributed by atoms with van der Waals surface area (Å²) in [6.07, 6.45) is 3.07. The van der Waals surface area contributed by atoms with Gasteiger partial charge in [-0.05, 0) is 23.8 Å². The first-order chi connectivity index (χ1) is 8.66. The van der Waals surface area contributed by atoms with Gasteiger partial charge in [-0.25, -0.2) is 19.2 Å². The van der Waals surface area contributed by atoms with Crippen LogP contribution in [0.2, 0.25) is 0 Å². The van der Waals surface area contributed by atoms with Crippen molar-refractivity contribution >= 4 is 17.7 Å². The minimum Gasteiger partial charge on any atom is -0.478 e. The third-order valence-corrected chi connectivity index (χ3v) is 3.22. The Labute approximate surface area is 107 Å². The van der Waals surface area contributed by atoms with E-state index in [2.05, 4.69) is 9.97 Å². The number of aromatic carboxylic acids is 1. The molecule has 2 rings (SSSR count). The highest BCUT2D eigenvalue weighted by molar-refractivity contribution is 7.98. The van der Waals surface area contributed by atoms with Crippen LogP contribution in [0.3, 0.4) is 0 Å². The zero-order chi connectivity index (χ0) is 13.0. The maximum absolute atomic E-state index is 13.4. The lowest BCUT2D eigenvalue weighted by Crippen LogP contribution is -2.00. The number of carboxylic acids is 1. The molecule has 0 aliphatic heterocycles. The molecule has 0 aliphatic carbocycles. The zero-order valence-corrected chi connectivity index (χ0v) is 10.0. The predicted molar refractivity (Wildman–Crippen MR) is 65.0 cm³/mol. The van der Waals surface area contributed by atoms with E-state index in [1.807, 2.05) is 0 Å². The highest BCUT2D eigenvalue weighted by Crippen LogP contribution is 2.21. The molecule has 18 heavy (non-hydrogen) atoms. The SMILES string of the molecule is O=C(O)c1ccc(CSc2ccncn2)cc1F. The maximum Gasteiger partial charge on any atom is 0.338 e. The normalized spacial score (nSPS) is 10.3. The van der Waals surface area contributed by atoms with Crippen LogP contribution in [-0.4, -0.2) is 21.0 Å². The van der Waals surface area contributed by atoms with Crippen LogP contribution in [-0.2, 0) is 5.75 Å². The molecule has 1 N–H and O–H groups in total. The van der Waals surface area contributed by atoms with Gasteiger partial charge < -0.3 is 5.11 Å². The second kappa shape index (κ2) is 5.59. The molecule has 6 heteroatoms. The van der Waals surface area contributed by atoms with Crippen LogP contribution in [0, 0.1) is 5.82 Å². The van der Waals surface area contributed by atoms with Gasteiger partial charge in [0.25, 0.3) is 0 Å². The second-order valence-electron chi connectivity index (χ2n) is 3.46. The van der Waals surface area contributed by atoms with Crippen molar-refractivity contribution in [2.45, 2.75) is 10.8 Å². The minimum absolute atomic E-state index is 0.314. The van der Waals surface area contributed by atoms with Crippen molar-refractivity contribution in [3.8, 4) is 0 Å². The van der Waals surface area contributed by atoms with E-state index in [9.17, 15) is 9.18 Å². The lowest BCUT2D eigenvalue weighted by atomic mass is 10.1. The summed E-state index contributed by atoms with van der Waals surface area (Å²) < 4.78 is 13.4. The van der Waals surface area contributed by atoms with Gasteiger partial charge in [0.2, 0.25) is 0 Å². The summed E-state index contributed by atoms with van der Waals surface area (Å²) in [5.41, 5.74) is 0.395. The molecule has 0 radical (unpaired) electrons. The number of thioether (sulfide) groups is 1. The summed E-state index contributed by atoms with van der Waals surface area (Å²) in [5.74, 6) is -1.46. The van der Waals surface area contributed by atoms with Crippen molar-refractivity contribution < 1.29 is 14.3 Å². The number of rotatable bonds is 4. The molecule has 0 amide bonds. The van der Waals surface area contributed by atoms with Gasteiger partial charge in [-0.3, -0.25) is 0 Å². The largest absolute Gasteiger partial charge is 0.478 e. The van der Waals surface area contributed by atoms with Crippen LogP contribution in [0.25, 0.3) is 0 Å². The Kier molecular flexibility index (Phi) is 3.88. The average Bonchev–Trinajstić information content (AvgIpc) is 2.37. The summed E-state index contributed by atoms with van der Waals surface area (Å²) in [6, 6.07) is 5.86. The van der Waals surface area contributed by atoms with E-state index in [1.165, 1.54) is 30.2 Å². The van der Waals surface area contributed by atoms with Crippen molar-refractivity contribution in [2.75, 3.05) is 0 Å². The Bertz CT molecular complexity index is 563. The Hall–Kier alpha value is -1.95. The molecule has 1 aromatic carbocycles. The second-order valence-corrected chi connectivity index (χ2v) is 4.45. The third kappa shape index (κ3) is 3.04. The van der Waals surface area contributed by atoms with Crippen LogP contribution in [0.1, 0.15) is 15.9 Å². The minimum atomic E-state index is -1.26. The van der Waals surface area contributed by atoms with Gasteiger partial charge in [0.1, 0.15) is 12.1 Å². The van der Waals surface area contributed by atoms with Crippen molar-refractivity contribution in [3.63, 3.8) is 0 Å². The zero-order valence-electron chi connectivity index (χ0n) is 9.21. The molecular weight excluding hydrogens is 255 g/mol. The number of nitrogens with zero attached hydrogens (tertiary/aromatic N) is 2. The number of hydrogen-bond donors (Lipinski definition) is 1. The monoisotopic (exact) mass is 264 g/mol. The fourth-order valence-corrected chi connectivity index (χ4v) is 2.12. The van der Waals surface area contributed by atoms with E-state index in [-0.39, 0.29) is 5.56 Å². The molecule has 0 saturated heterocycles. The molecule has 0 saturated carbocycles. The quantitative estimate of drug-likeness (QED) is 0.679. The van der Waals surface area contributed by atoms with Crippen LogP contribution >= 0.6 is 11.8 Å².